The van der Waals surface area contributed by atoms with Gasteiger partial charge in [0.25, 0.3) is 0 Å². The van der Waals surface area contributed by atoms with E-state index in [0.717, 1.165) is 45.3 Å². The van der Waals surface area contributed by atoms with Crippen LogP contribution in [0.3, 0.4) is 0 Å². The molecule has 0 aliphatic carbocycles. The number of methoxy groups -OCH3 is 1. The van der Waals surface area contributed by atoms with E-state index in [4.69, 9.17) is 9.72 Å². The number of thiophene rings is 1. The Morgan fingerprint density at radius 1 is 1.10 bits per heavy atom. The van der Waals surface area contributed by atoms with Crippen LogP contribution in [0.4, 0.5) is 5.00 Å². The highest BCUT2D eigenvalue weighted by atomic mass is 32.2. The van der Waals surface area contributed by atoms with Gasteiger partial charge < -0.3 is 10.1 Å². The lowest BCUT2D eigenvalue weighted by molar-refractivity contribution is -0.119. The summed E-state index contributed by atoms with van der Waals surface area (Å²) >= 11 is 3.22. The topological polar surface area (TPSA) is 91.8 Å². The van der Waals surface area contributed by atoms with E-state index in [1.807, 2.05) is 18.2 Å². The molecule has 1 amide bonds. The minimum atomic E-state index is -3.85. The number of fused-ring (bicyclic) bond motifs is 2. The fourth-order valence-corrected chi connectivity index (χ4v) is 9.57. The molecule has 0 radical (unpaired) electrons. The average molecular weight is 597 g/mol. The molecule has 0 spiro atoms. The molecule has 11 heteroatoms. The van der Waals surface area contributed by atoms with E-state index in [2.05, 4.69) is 30.1 Å². The van der Waals surface area contributed by atoms with Gasteiger partial charge in [0, 0.05) is 36.1 Å². The van der Waals surface area contributed by atoms with Crippen molar-refractivity contribution in [3.8, 4) is 16.3 Å². The summed E-state index contributed by atoms with van der Waals surface area (Å²) < 4.78 is 34.7. The summed E-state index contributed by atoms with van der Waals surface area (Å²) in [4.78, 5) is 22.5. The van der Waals surface area contributed by atoms with Gasteiger partial charge in [-0.1, -0.05) is 12.1 Å². The second kappa shape index (κ2) is 10.9. The van der Waals surface area contributed by atoms with Crippen LogP contribution in [0.2, 0.25) is 0 Å². The second-order valence-corrected chi connectivity index (χ2v) is 14.5. The first-order valence-electron chi connectivity index (χ1n) is 13.5. The Hall–Kier alpha value is -2.83. The minimum absolute atomic E-state index is 0.156. The predicted octanol–water partition coefficient (Wildman–Crippen LogP) is 5.59. The number of para-hydroxylation sites is 1. The van der Waals surface area contributed by atoms with E-state index in [0.29, 0.717) is 31.2 Å². The van der Waals surface area contributed by atoms with E-state index in [1.165, 1.54) is 34.0 Å². The molecule has 4 aromatic rings. The van der Waals surface area contributed by atoms with Crippen molar-refractivity contribution in [3.05, 3.63) is 59.0 Å². The zero-order valence-corrected chi connectivity index (χ0v) is 25.2. The van der Waals surface area contributed by atoms with Crippen molar-refractivity contribution in [2.24, 2.45) is 0 Å². The number of aromatic nitrogens is 1. The molecule has 40 heavy (non-hydrogen) atoms. The molecule has 1 fully saturated rings. The van der Waals surface area contributed by atoms with Crippen molar-refractivity contribution < 1.29 is 17.9 Å². The predicted molar refractivity (Wildman–Crippen MR) is 161 cm³/mol. The molecule has 6 rings (SSSR count). The molecule has 210 valence electrons. The summed E-state index contributed by atoms with van der Waals surface area (Å²) in [7, 11) is -2.31. The van der Waals surface area contributed by atoms with Crippen LogP contribution in [0.1, 0.15) is 37.1 Å². The van der Waals surface area contributed by atoms with Crippen molar-refractivity contribution in [1.82, 2.24) is 14.2 Å². The molecule has 4 heterocycles. The quantitative estimate of drug-likeness (QED) is 0.299. The number of benzene rings is 2. The maximum Gasteiger partial charge on any atom is 0.243 e. The Morgan fingerprint density at radius 3 is 2.60 bits per heavy atom. The van der Waals surface area contributed by atoms with Gasteiger partial charge in [0.05, 0.1) is 22.2 Å². The molecule has 2 aliphatic rings. The molecule has 1 unspecified atom stereocenters. The molecular weight excluding hydrogens is 565 g/mol. The molecule has 1 saturated heterocycles. The van der Waals surface area contributed by atoms with Crippen molar-refractivity contribution in [3.63, 3.8) is 0 Å². The average Bonchev–Trinajstić information content (AvgIpc) is 3.69. The number of anilines is 1. The lowest BCUT2D eigenvalue weighted by atomic mass is 10.0. The Bertz CT molecular complexity index is 1630. The monoisotopic (exact) mass is 596 g/mol. The first-order valence-corrected chi connectivity index (χ1v) is 16.5. The molecule has 2 aromatic carbocycles. The third kappa shape index (κ3) is 4.94. The summed E-state index contributed by atoms with van der Waals surface area (Å²) in [6.45, 7) is 6.48. The van der Waals surface area contributed by atoms with Crippen LogP contribution >= 0.6 is 22.7 Å². The number of nitrogens with one attached hydrogen (secondary N) is 1. The minimum Gasteiger partial charge on any atom is -0.497 e. The summed E-state index contributed by atoms with van der Waals surface area (Å²) in [5.74, 6) is 0.283. The van der Waals surface area contributed by atoms with Crippen LogP contribution in [0.15, 0.2) is 53.4 Å². The second-order valence-electron chi connectivity index (χ2n) is 10.4. The molecular formula is C29H32N4O4S3. The Balaban J connectivity index is 1.33. The first-order chi connectivity index (χ1) is 19.3. The fourth-order valence-electron chi connectivity index (χ4n) is 5.53. The fraction of sp³-hybridized carbons (Fsp3) is 0.379. The van der Waals surface area contributed by atoms with Gasteiger partial charge in [0.1, 0.15) is 21.8 Å². The van der Waals surface area contributed by atoms with E-state index in [1.54, 1.807) is 34.8 Å². The van der Waals surface area contributed by atoms with Crippen LogP contribution in [-0.2, 0) is 27.8 Å². The SMILES string of the molecule is COc1ccc(S(=O)(=O)N2CCCC2C(=O)Nc2sc3c(c2-c2nc4ccccc4s2)CCN(C(C)C)C3)cc1. The number of ether oxygens (including phenoxy) is 1. The molecule has 2 aromatic heterocycles. The Morgan fingerprint density at radius 2 is 1.88 bits per heavy atom. The lowest BCUT2D eigenvalue weighted by Crippen LogP contribution is -2.43. The number of carbonyl (C=O) groups excluding carboxylic acids is 1. The van der Waals surface area contributed by atoms with Gasteiger partial charge in [-0.25, -0.2) is 13.4 Å². The molecule has 0 saturated carbocycles. The first kappa shape index (κ1) is 27.3. The maximum atomic E-state index is 13.8. The molecule has 1 N–H and O–H groups in total. The normalized spacial score (nSPS) is 18.4. The van der Waals surface area contributed by atoms with Crippen molar-refractivity contribution >= 4 is 53.8 Å². The number of thiazole rings is 1. The van der Waals surface area contributed by atoms with Crippen LogP contribution in [-0.4, -0.2) is 60.8 Å². The molecule has 2 aliphatic heterocycles. The maximum absolute atomic E-state index is 13.8. The van der Waals surface area contributed by atoms with Crippen LogP contribution in [0.25, 0.3) is 20.8 Å². The third-order valence-electron chi connectivity index (χ3n) is 7.73. The number of nitrogens with zero attached hydrogens (tertiary/aromatic N) is 3. The van der Waals surface area contributed by atoms with Gasteiger partial charge >= 0.3 is 0 Å². The van der Waals surface area contributed by atoms with Gasteiger partial charge in [-0.05, 0) is 75.1 Å². The van der Waals surface area contributed by atoms with Gasteiger partial charge in [0.2, 0.25) is 15.9 Å². The summed E-state index contributed by atoms with van der Waals surface area (Å²) in [6.07, 6.45) is 1.99. The zero-order valence-electron chi connectivity index (χ0n) is 22.7. The summed E-state index contributed by atoms with van der Waals surface area (Å²) in [5, 5.41) is 4.82. The van der Waals surface area contributed by atoms with Gasteiger partial charge in [-0.15, -0.1) is 22.7 Å². The zero-order chi connectivity index (χ0) is 28.0. The third-order valence-corrected chi connectivity index (χ3v) is 11.8. The Labute approximate surface area is 242 Å². The number of carbonyl (C=O) groups is 1. The number of hydrogen-bond donors (Lipinski definition) is 1. The smallest absolute Gasteiger partial charge is 0.243 e. The van der Waals surface area contributed by atoms with E-state index >= 15 is 0 Å². The van der Waals surface area contributed by atoms with E-state index in [9.17, 15) is 13.2 Å². The van der Waals surface area contributed by atoms with Gasteiger partial charge in [-0.3, -0.25) is 9.69 Å². The van der Waals surface area contributed by atoms with Crippen LogP contribution in [0.5, 0.6) is 5.75 Å². The molecule has 0 bridgehead atoms. The number of amides is 1. The largest absolute Gasteiger partial charge is 0.497 e. The number of sulfonamides is 1. The van der Waals surface area contributed by atoms with Crippen LogP contribution < -0.4 is 10.1 Å². The van der Waals surface area contributed by atoms with Crippen molar-refractivity contribution in [1.29, 1.82) is 0 Å². The lowest BCUT2D eigenvalue weighted by Gasteiger charge is -2.30. The highest BCUT2D eigenvalue weighted by Crippen LogP contribution is 2.46. The highest BCUT2D eigenvalue weighted by Gasteiger charge is 2.40. The highest BCUT2D eigenvalue weighted by molar-refractivity contribution is 7.89. The summed E-state index contributed by atoms with van der Waals surface area (Å²) in [5.41, 5.74) is 3.16. The van der Waals surface area contributed by atoms with Gasteiger partial charge in [-0.2, -0.15) is 4.31 Å². The van der Waals surface area contributed by atoms with E-state index in [-0.39, 0.29) is 10.8 Å². The Kier molecular flexibility index (Phi) is 7.43. The molecule has 8 nitrogen and oxygen atoms in total. The van der Waals surface area contributed by atoms with E-state index < -0.39 is 16.1 Å². The van der Waals surface area contributed by atoms with Crippen LogP contribution in [0, 0.1) is 0 Å². The molecule has 1 atom stereocenters. The summed E-state index contributed by atoms with van der Waals surface area (Å²) in [6, 6.07) is 14.0. The standard InChI is InChI=1S/C29H32N4O4S3/c1-18(2)32-16-14-21-25(17-32)39-29(26(21)28-30-22-7-4-5-9-24(22)38-28)31-27(34)23-8-6-15-33(23)40(35,36)20-12-10-19(37-3)11-13-20/h4-5,7,9-13,18,23H,6,8,14-17H2,1-3H3,(H,31,34). The van der Waals surface area contributed by atoms with Crippen molar-refractivity contribution in [2.45, 2.75) is 56.6 Å². The number of hydrogen-bond acceptors (Lipinski definition) is 8. The van der Waals surface area contributed by atoms with Gasteiger partial charge in [0.15, 0.2) is 0 Å². The number of rotatable bonds is 7. The van der Waals surface area contributed by atoms with Crippen molar-refractivity contribution in [2.75, 3.05) is 25.5 Å².